The van der Waals surface area contributed by atoms with Gasteiger partial charge in [0.15, 0.2) is 0 Å². The maximum Gasteiger partial charge on any atom is 0.421 e. The molecule has 27 heavy (non-hydrogen) atoms. The number of alkyl halides is 3. The highest BCUT2D eigenvalue weighted by molar-refractivity contribution is 5.77. The molecule has 2 aliphatic rings. The summed E-state index contributed by atoms with van der Waals surface area (Å²) >= 11 is 0. The van der Waals surface area contributed by atoms with Gasteiger partial charge in [-0.05, 0) is 6.92 Å². The Morgan fingerprint density at radius 1 is 1.33 bits per heavy atom. The number of halogens is 3. The maximum absolute atomic E-state index is 13.0. The molecule has 0 radical (unpaired) electrons. The number of nitrogens with one attached hydrogen (secondary N) is 2. The summed E-state index contributed by atoms with van der Waals surface area (Å²) in [6.07, 6.45) is -5.36. The molecule has 3 heterocycles. The van der Waals surface area contributed by atoms with Crippen molar-refractivity contribution in [3.05, 3.63) is 22.0 Å². The predicted octanol–water partition coefficient (Wildman–Crippen LogP) is 0.204. The largest absolute Gasteiger partial charge is 0.421 e. The third kappa shape index (κ3) is 4.78. The molecule has 2 saturated heterocycles. The maximum atomic E-state index is 13.0. The minimum Gasteiger partial charge on any atom is -0.371 e. The zero-order valence-corrected chi connectivity index (χ0v) is 14.9. The Morgan fingerprint density at radius 2 is 2.04 bits per heavy atom. The standard InChI is InChI=1S/C16H22F3N5O3/c1-10-8-24(13-7-12(16(17,18)19)15(26)22-21-13)9-11(27-10)6-14(25)23-4-2-20-3-5-23/h7,10-11,20H,2-6,8-9H2,1H3,(H,22,26)/t10-,11-/m0/s1. The van der Waals surface area contributed by atoms with Gasteiger partial charge in [0.05, 0.1) is 18.6 Å². The first-order valence-corrected chi connectivity index (χ1v) is 8.80. The fraction of sp³-hybridized carbons (Fsp3) is 0.688. The van der Waals surface area contributed by atoms with Crippen LogP contribution in [0, 0.1) is 0 Å². The van der Waals surface area contributed by atoms with Crippen molar-refractivity contribution in [1.82, 2.24) is 20.4 Å². The van der Waals surface area contributed by atoms with Gasteiger partial charge in [0.1, 0.15) is 11.4 Å². The van der Waals surface area contributed by atoms with Crippen LogP contribution in [0.4, 0.5) is 19.0 Å². The van der Waals surface area contributed by atoms with Crippen molar-refractivity contribution in [3.8, 4) is 0 Å². The lowest BCUT2D eigenvalue weighted by Gasteiger charge is -2.38. The Labute approximate surface area is 153 Å². The number of rotatable bonds is 3. The summed E-state index contributed by atoms with van der Waals surface area (Å²) < 4.78 is 44.7. The highest BCUT2D eigenvalue weighted by Gasteiger charge is 2.36. The van der Waals surface area contributed by atoms with Crippen LogP contribution >= 0.6 is 0 Å². The Balaban J connectivity index is 1.71. The number of amides is 1. The summed E-state index contributed by atoms with van der Waals surface area (Å²) in [5.41, 5.74) is -2.57. The van der Waals surface area contributed by atoms with Crippen molar-refractivity contribution >= 4 is 11.7 Å². The van der Waals surface area contributed by atoms with Crippen molar-refractivity contribution in [2.24, 2.45) is 0 Å². The summed E-state index contributed by atoms with van der Waals surface area (Å²) in [4.78, 5) is 27.2. The van der Waals surface area contributed by atoms with E-state index in [0.29, 0.717) is 19.6 Å². The number of anilines is 1. The molecule has 8 nitrogen and oxygen atoms in total. The van der Waals surface area contributed by atoms with Crippen LogP contribution < -0.4 is 15.8 Å². The number of hydrogen-bond donors (Lipinski definition) is 2. The molecule has 0 aromatic carbocycles. The molecule has 150 valence electrons. The van der Waals surface area contributed by atoms with Crippen LogP contribution in [0.3, 0.4) is 0 Å². The Hall–Kier alpha value is -2.14. The number of aromatic amines is 1. The number of carbonyl (C=O) groups excluding carboxylic acids is 1. The molecule has 3 rings (SSSR count). The van der Waals surface area contributed by atoms with E-state index in [1.165, 1.54) is 0 Å². The molecule has 1 amide bonds. The number of ether oxygens (including phenoxy) is 1. The molecule has 0 saturated carbocycles. The average molecular weight is 389 g/mol. The summed E-state index contributed by atoms with van der Waals surface area (Å²) in [5, 5.41) is 8.82. The molecule has 2 fully saturated rings. The molecule has 2 N–H and O–H groups in total. The fourth-order valence-electron chi connectivity index (χ4n) is 3.35. The Morgan fingerprint density at radius 3 is 2.70 bits per heavy atom. The molecule has 0 spiro atoms. The van der Waals surface area contributed by atoms with Crippen molar-refractivity contribution in [1.29, 1.82) is 0 Å². The number of hydrogen-bond acceptors (Lipinski definition) is 6. The first kappa shape index (κ1) is 19.6. The van der Waals surface area contributed by atoms with Gasteiger partial charge in [-0.2, -0.15) is 18.3 Å². The third-order valence-corrected chi connectivity index (χ3v) is 4.62. The van der Waals surface area contributed by atoms with Gasteiger partial charge in [-0.25, -0.2) is 5.10 Å². The molecule has 1 aromatic heterocycles. The van der Waals surface area contributed by atoms with Crippen molar-refractivity contribution in [3.63, 3.8) is 0 Å². The van der Waals surface area contributed by atoms with E-state index in [4.69, 9.17) is 4.74 Å². The lowest BCUT2D eigenvalue weighted by atomic mass is 10.1. The van der Waals surface area contributed by atoms with Gasteiger partial charge in [0.2, 0.25) is 5.91 Å². The molecular formula is C16H22F3N5O3. The van der Waals surface area contributed by atoms with Gasteiger partial charge >= 0.3 is 6.18 Å². The van der Waals surface area contributed by atoms with Crippen LogP contribution in [0.1, 0.15) is 18.9 Å². The van der Waals surface area contributed by atoms with E-state index in [2.05, 4.69) is 10.4 Å². The normalized spacial score (nSPS) is 24.1. The van der Waals surface area contributed by atoms with E-state index in [0.717, 1.165) is 19.2 Å². The lowest BCUT2D eigenvalue weighted by molar-refractivity contribution is -0.138. The van der Waals surface area contributed by atoms with E-state index in [9.17, 15) is 22.8 Å². The summed E-state index contributed by atoms with van der Waals surface area (Å²) in [6, 6.07) is 0.742. The second kappa shape index (κ2) is 7.85. The lowest BCUT2D eigenvalue weighted by Crippen LogP contribution is -2.51. The zero-order valence-electron chi connectivity index (χ0n) is 14.9. The van der Waals surface area contributed by atoms with E-state index in [-0.39, 0.29) is 30.8 Å². The zero-order chi connectivity index (χ0) is 19.6. The predicted molar refractivity (Wildman–Crippen MR) is 90.5 cm³/mol. The van der Waals surface area contributed by atoms with Crippen LogP contribution in [-0.2, 0) is 15.7 Å². The van der Waals surface area contributed by atoms with Gasteiger partial charge in [-0.15, -0.1) is 0 Å². The molecule has 1 aromatic rings. The second-order valence-corrected chi connectivity index (χ2v) is 6.78. The first-order chi connectivity index (χ1) is 12.7. The van der Waals surface area contributed by atoms with Gasteiger partial charge in [0, 0.05) is 45.3 Å². The SMILES string of the molecule is C[C@H]1CN(c2cc(C(F)(F)F)c(=O)[nH]n2)C[C@H](CC(=O)N2CCNCC2)O1. The molecule has 2 atom stereocenters. The minimum atomic E-state index is -4.76. The molecule has 0 unspecified atom stereocenters. The number of H-pyrrole nitrogens is 1. The quantitative estimate of drug-likeness (QED) is 0.768. The van der Waals surface area contributed by atoms with Gasteiger partial charge < -0.3 is 19.9 Å². The van der Waals surface area contributed by atoms with Gasteiger partial charge in [-0.1, -0.05) is 0 Å². The number of aromatic nitrogens is 2. The van der Waals surface area contributed by atoms with Crippen molar-refractivity contribution < 1.29 is 22.7 Å². The summed E-state index contributed by atoms with van der Waals surface area (Å²) in [5.74, 6) is -0.0299. The summed E-state index contributed by atoms with van der Waals surface area (Å²) in [7, 11) is 0. The van der Waals surface area contributed by atoms with Crippen LogP contribution in [0.5, 0.6) is 0 Å². The van der Waals surface area contributed by atoms with E-state index < -0.39 is 23.4 Å². The van der Waals surface area contributed by atoms with E-state index in [1.807, 2.05) is 5.10 Å². The molecule has 2 aliphatic heterocycles. The van der Waals surface area contributed by atoms with Gasteiger partial charge in [0.25, 0.3) is 5.56 Å². The highest BCUT2D eigenvalue weighted by Crippen LogP contribution is 2.29. The van der Waals surface area contributed by atoms with Crippen LogP contribution in [0.25, 0.3) is 0 Å². The topological polar surface area (TPSA) is 90.6 Å². The smallest absolute Gasteiger partial charge is 0.371 e. The Bertz CT molecular complexity index is 733. The number of carbonyl (C=O) groups is 1. The third-order valence-electron chi connectivity index (χ3n) is 4.62. The number of piperazine rings is 1. The van der Waals surface area contributed by atoms with Crippen LogP contribution in [0.2, 0.25) is 0 Å². The molecular weight excluding hydrogens is 367 g/mol. The van der Waals surface area contributed by atoms with Crippen molar-refractivity contribution in [2.75, 3.05) is 44.2 Å². The minimum absolute atomic E-state index is 0.0108. The number of nitrogens with zero attached hydrogens (tertiary/aromatic N) is 3. The van der Waals surface area contributed by atoms with Gasteiger partial charge in [-0.3, -0.25) is 9.59 Å². The molecule has 0 bridgehead atoms. The molecule has 11 heteroatoms. The average Bonchev–Trinajstić information content (AvgIpc) is 2.61. The summed E-state index contributed by atoms with van der Waals surface area (Å²) in [6.45, 7) is 5.04. The van der Waals surface area contributed by atoms with Crippen LogP contribution in [0.15, 0.2) is 10.9 Å². The monoisotopic (exact) mass is 389 g/mol. The van der Waals surface area contributed by atoms with E-state index >= 15 is 0 Å². The first-order valence-electron chi connectivity index (χ1n) is 8.80. The highest BCUT2D eigenvalue weighted by atomic mass is 19.4. The fourth-order valence-corrected chi connectivity index (χ4v) is 3.35. The van der Waals surface area contributed by atoms with E-state index in [1.54, 1.807) is 16.7 Å². The molecule has 0 aliphatic carbocycles. The number of morpholine rings is 1. The second-order valence-electron chi connectivity index (χ2n) is 6.78. The van der Waals surface area contributed by atoms with Crippen LogP contribution in [-0.4, -0.2) is 72.5 Å². The Kier molecular flexibility index (Phi) is 5.70. The van der Waals surface area contributed by atoms with Crippen molar-refractivity contribution in [2.45, 2.75) is 31.7 Å².